The molecule has 0 saturated carbocycles. The van der Waals surface area contributed by atoms with E-state index in [1.165, 1.54) is 6.20 Å². The van der Waals surface area contributed by atoms with Gasteiger partial charge in [0.2, 0.25) is 0 Å². The van der Waals surface area contributed by atoms with Crippen LogP contribution in [0.15, 0.2) is 34.9 Å². The van der Waals surface area contributed by atoms with Gasteiger partial charge in [0.15, 0.2) is 0 Å². The number of nitrogens with zero attached hydrogens (tertiary/aromatic N) is 2. The summed E-state index contributed by atoms with van der Waals surface area (Å²) in [5.74, 6) is 0.165. The molecule has 0 aromatic carbocycles. The predicted octanol–water partition coefficient (Wildman–Crippen LogP) is 3.45. The Labute approximate surface area is 118 Å². The van der Waals surface area contributed by atoms with Gasteiger partial charge < -0.3 is 5.32 Å². The normalized spacial score (nSPS) is 10.2. The summed E-state index contributed by atoms with van der Waals surface area (Å²) >= 11 is 9.05. The van der Waals surface area contributed by atoms with E-state index in [0.29, 0.717) is 16.5 Å². The van der Waals surface area contributed by atoms with Crippen LogP contribution in [0.5, 0.6) is 0 Å². The van der Waals surface area contributed by atoms with Gasteiger partial charge in [0.05, 0.1) is 10.7 Å². The average molecular weight is 327 g/mol. The topological polar surface area (TPSA) is 54.9 Å². The summed E-state index contributed by atoms with van der Waals surface area (Å²) < 4.78 is 0.894. The number of carbonyl (C=O) groups is 1. The molecule has 1 N–H and O–H groups in total. The van der Waals surface area contributed by atoms with E-state index in [1.807, 2.05) is 13.0 Å². The highest BCUT2D eigenvalue weighted by Gasteiger charge is 2.08. The lowest BCUT2D eigenvalue weighted by molar-refractivity contribution is 0.102. The van der Waals surface area contributed by atoms with Crippen molar-refractivity contribution in [2.45, 2.75) is 6.92 Å². The SMILES string of the molecule is Cc1nc(NC(=O)c2ccc(Cl)cn2)ccc1Br. The minimum Gasteiger partial charge on any atom is -0.305 e. The number of halogens is 2. The van der Waals surface area contributed by atoms with Gasteiger partial charge in [-0.2, -0.15) is 0 Å². The molecule has 0 aliphatic heterocycles. The van der Waals surface area contributed by atoms with Gasteiger partial charge >= 0.3 is 0 Å². The molecule has 0 unspecified atom stereocenters. The molecule has 2 rings (SSSR count). The van der Waals surface area contributed by atoms with Gasteiger partial charge in [-0.25, -0.2) is 9.97 Å². The lowest BCUT2D eigenvalue weighted by Gasteiger charge is -2.05. The number of aromatic nitrogens is 2. The van der Waals surface area contributed by atoms with Crippen molar-refractivity contribution in [1.29, 1.82) is 0 Å². The molecule has 0 radical (unpaired) electrons. The molecule has 2 aromatic rings. The summed E-state index contributed by atoms with van der Waals surface area (Å²) in [6, 6.07) is 6.71. The van der Waals surface area contributed by atoms with E-state index in [-0.39, 0.29) is 5.91 Å². The number of amides is 1. The van der Waals surface area contributed by atoms with Crippen LogP contribution in [0.25, 0.3) is 0 Å². The zero-order valence-electron chi connectivity index (χ0n) is 9.45. The summed E-state index contributed by atoms with van der Waals surface area (Å²) in [6.45, 7) is 1.85. The van der Waals surface area contributed by atoms with Gasteiger partial charge in [-0.3, -0.25) is 4.79 Å². The van der Waals surface area contributed by atoms with Crippen LogP contribution >= 0.6 is 27.5 Å². The molecule has 0 aliphatic rings. The van der Waals surface area contributed by atoms with Gasteiger partial charge in [-0.15, -0.1) is 0 Å². The van der Waals surface area contributed by atoms with Crippen LogP contribution in [0.4, 0.5) is 5.82 Å². The lowest BCUT2D eigenvalue weighted by Crippen LogP contribution is -2.14. The second kappa shape index (κ2) is 5.46. The smallest absolute Gasteiger partial charge is 0.275 e. The van der Waals surface area contributed by atoms with E-state index >= 15 is 0 Å². The summed E-state index contributed by atoms with van der Waals surface area (Å²) in [5.41, 5.74) is 1.10. The van der Waals surface area contributed by atoms with E-state index in [2.05, 4.69) is 31.2 Å². The van der Waals surface area contributed by atoms with Gasteiger partial charge in [0.25, 0.3) is 5.91 Å². The van der Waals surface area contributed by atoms with Gasteiger partial charge in [-0.05, 0) is 47.1 Å². The maximum absolute atomic E-state index is 11.9. The van der Waals surface area contributed by atoms with E-state index in [4.69, 9.17) is 11.6 Å². The van der Waals surface area contributed by atoms with Crippen LogP contribution in [0.1, 0.15) is 16.2 Å². The molecule has 2 aromatic heterocycles. The molecule has 0 spiro atoms. The Balaban J connectivity index is 2.16. The quantitative estimate of drug-likeness (QED) is 0.919. The number of hydrogen-bond acceptors (Lipinski definition) is 3. The fourth-order valence-corrected chi connectivity index (χ4v) is 1.64. The van der Waals surface area contributed by atoms with E-state index in [0.717, 1.165) is 10.2 Å². The molecular weight excluding hydrogens is 318 g/mol. The highest BCUT2D eigenvalue weighted by atomic mass is 79.9. The molecule has 0 saturated heterocycles. The first-order chi connectivity index (χ1) is 8.56. The van der Waals surface area contributed by atoms with Crippen molar-refractivity contribution in [3.05, 3.63) is 51.3 Å². The molecule has 2 heterocycles. The van der Waals surface area contributed by atoms with Crippen LogP contribution < -0.4 is 5.32 Å². The first kappa shape index (κ1) is 13.0. The van der Waals surface area contributed by atoms with Gasteiger partial charge in [-0.1, -0.05) is 11.6 Å². The number of carbonyl (C=O) groups excluding carboxylic acids is 1. The minimum absolute atomic E-state index is 0.293. The molecule has 92 valence electrons. The molecule has 4 nitrogen and oxygen atoms in total. The molecule has 0 aliphatic carbocycles. The van der Waals surface area contributed by atoms with Crippen molar-refractivity contribution in [3.63, 3.8) is 0 Å². The fraction of sp³-hybridized carbons (Fsp3) is 0.0833. The summed E-state index contributed by atoms with van der Waals surface area (Å²) in [6.07, 6.45) is 1.43. The van der Waals surface area contributed by atoms with Crippen molar-refractivity contribution in [2.24, 2.45) is 0 Å². The Morgan fingerprint density at radius 1 is 1.33 bits per heavy atom. The van der Waals surface area contributed by atoms with Crippen LogP contribution in [0.2, 0.25) is 5.02 Å². The summed E-state index contributed by atoms with van der Waals surface area (Å²) in [7, 11) is 0. The largest absolute Gasteiger partial charge is 0.305 e. The molecule has 0 bridgehead atoms. The molecule has 6 heteroatoms. The highest BCUT2D eigenvalue weighted by molar-refractivity contribution is 9.10. The third kappa shape index (κ3) is 3.05. The molecule has 0 fully saturated rings. The number of pyridine rings is 2. The maximum atomic E-state index is 11.9. The maximum Gasteiger partial charge on any atom is 0.275 e. The second-order valence-electron chi connectivity index (χ2n) is 3.58. The van der Waals surface area contributed by atoms with Crippen molar-refractivity contribution in [3.8, 4) is 0 Å². The third-order valence-corrected chi connectivity index (χ3v) is 3.28. The van der Waals surface area contributed by atoms with E-state index in [9.17, 15) is 4.79 Å². The monoisotopic (exact) mass is 325 g/mol. The first-order valence-electron chi connectivity index (χ1n) is 5.12. The lowest BCUT2D eigenvalue weighted by atomic mass is 10.3. The molecule has 18 heavy (non-hydrogen) atoms. The number of hydrogen-bond donors (Lipinski definition) is 1. The highest BCUT2D eigenvalue weighted by Crippen LogP contribution is 2.16. The Morgan fingerprint density at radius 2 is 2.11 bits per heavy atom. The number of rotatable bonds is 2. The van der Waals surface area contributed by atoms with E-state index in [1.54, 1.807) is 18.2 Å². The first-order valence-corrected chi connectivity index (χ1v) is 6.29. The zero-order chi connectivity index (χ0) is 13.1. The van der Waals surface area contributed by atoms with E-state index < -0.39 is 0 Å². The van der Waals surface area contributed by atoms with Crippen molar-refractivity contribution in [1.82, 2.24) is 9.97 Å². The number of anilines is 1. The number of aryl methyl sites for hydroxylation is 1. The van der Waals surface area contributed by atoms with Crippen molar-refractivity contribution in [2.75, 3.05) is 5.32 Å². The molecule has 1 amide bonds. The standard InChI is InChI=1S/C12H9BrClN3O/c1-7-9(13)3-5-11(16-7)17-12(18)10-4-2-8(14)6-15-10/h2-6H,1H3,(H,16,17,18). The number of nitrogens with one attached hydrogen (secondary N) is 1. The fourth-order valence-electron chi connectivity index (χ4n) is 1.30. The van der Waals surface area contributed by atoms with Crippen LogP contribution in [-0.2, 0) is 0 Å². The van der Waals surface area contributed by atoms with Crippen LogP contribution in [-0.4, -0.2) is 15.9 Å². The second-order valence-corrected chi connectivity index (χ2v) is 4.87. The van der Waals surface area contributed by atoms with Crippen LogP contribution in [0, 0.1) is 6.92 Å². The zero-order valence-corrected chi connectivity index (χ0v) is 11.8. The van der Waals surface area contributed by atoms with Gasteiger partial charge in [0, 0.05) is 10.7 Å². The summed E-state index contributed by atoms with van der Waals surface area (Å²) in [4.78, 5) is 20.0. The Morgan fingerprint density at radius 3 is 2.72 bits per heavy atom. The third-order valence-electron chi connectivity index (χ3n) is 2.22. The van der Waals surface area contributed by atoms with Crippen molar-refractivity contribution < 1.29 is 4.79 Å². The Bertz CT molecular complexity index is 586. The average Bonchev–Trinajstić information content (AvgIpc) is 2.34. The predicted molar refractivity (Wildman–Crippen MR) is 73.9 cm³/mol. The van der Waals surface area contributed by atoms with Crippen LogP contribution in [0.3, 0.4) is 0 Å². The molecular formula is C12H9BrClN3O. The molecule has 0 atom stereocenters. The summed E-state index contributed by atoms with van der Waals surface area (Å²) in [5, 5.41) is 3.16. The van der Waals surface area contributed by atoms with Crippen molar-refractivity contribution >= 4 is 39.3 Å². The van der Waals surface area contributed by atoms with Gasteiger partial charge in [0.1, 0.15) is 11.5 Å². The minimum atomic E-state index is -0.319. The Hall–Kier alpha value is -1.46. The Kier molecular flexibility index (Phi) is 3.93.